The number of carbonyl (C=O) groups excluding carboxylic acids is 1. The van der Waals surface area contributed by atoms with Gasteiger partial charge in [0.2, 0.25) is 0 Å². The van der Waals surface area contributed by atoms with Crippen LogP contribution in [0, 0.1) is 0 Å². The van der Waals surface area contributed by atoms with E-state index in [0.717, 1.165) is 11.4 Å². The smallest absolute Gasteiger partial charge is 0.267 e. The van der Waals surface area contributed by atoms with Crippen molar-refractivity contribution in [1.82, 2.24) is 20.2 Å². The molecule has 0 saturated carbocycles. The van der Waals surface area contributed by atoms with E-state index in [9.17, 15) is 4.79 Å². The third-order valence-electron chi connectivity index (χ3n) is 2.82. The van der Waals surface area contributed by atoms with Gasteiger partial charge in [-0.15, -0.1) is 0 Å². The van der Waals surface area contributed by atoms with Crippen LogP contribution in [0.2, 0.25) is 0 Å². The molecule has 4 N–H and O–H groups in total. The number of primary amides is 1. The zero-order valence-electron chi connectivity index (χ0n) is 10.9. The molecule has 3 rings (SSSR count). The highest BCUT2D eigenvalue weighted by Gasteiger charge is 2.10. The summed E-state index contributed by atoms with van der Waals surface area (Å²) in [6.07, 6.45) is 3.33. The van der Waals surface area contributed by atoms with E-state index in [1.165, 1.54) is 0 Å². The first-order valence-electron chi connectivity index (χ1n) is 6.22. The Bertz CT molecular complexity index is 768. The minimum absolute atomic E-state index is 0.197. The molecule has 0 aliphatic rings. The van der Waals surface area contributed by atoms with Gasteiger partial charge in [0, 0.05) is 6.20 Å². The van der Waals surface area contributed by atoms with Gasteiger partial charge >= 0.3 is 0 Å². The zero-order valence-corrected chi connectivity index (χ0v) is 10.9. The van der Waals surface area contributed by atoms with Gasteiger partial charge in [-0.1, -0.05) is 12.1 Å². The summed E-state index contributed by atoms with van der Waals surface area (Å²) in [4.78, 5) is 19.5. The maximum Gasteiger partial charge on any atom is 0.267 e. The Labute approximate surface area is 120 Å². The molecule has 0 radical (unpaired) electrons. The Kier molecular flexibility index (Phi) is 3.30. The van der Waals surface area contributed by atoms with Crippen LogP contribution in [0.1, 0.15) is 10.5 Å². The number of carbonyl (C=O) groups is 1. The summed E-state index contributed by atoms with van der Waals surface area (Å²) in [5.74, 6) is -0.0688. The summed E-state index contributed by atoms with van der Waals surface area (Å²) in [5, 5.41) is 9.98. The monoisotopic (exact) mass is 280 g/mol. The Morgan fingerprint density at radius 3 is 2.86 bits per heavy atom. The van der Waals surface area contributed by atoms with Gasteiger partial charge in [-0.2, -0.15) is 5.10 Å². The van der Waals surface area contributed by atoms with Crippen molar-refractivity contribution in [3.05, 3.63) is 54.5 Å². The first kappa shape index (κ1) is 12.8. The van der Waals surface area contributed by atoms with Gasteiger partial charge in [-0.3, -0.25) is 14.9 Å². The van der Waals surface area contributed by atoms with Crippen molar-refractivity contribution in [3.63, 3.8) is 0 Å². The largest absolute Gasteiger partial charge is 0.364 e. The second-order valence-corrected chi connectivity index (χ2v) is 4.27. The minimum atomic E-state index is -0.573. The topological polar surface area (TPSA) is 110 Å². The van der Waals surface area contributed by atoms with Crippen molar-refractivity contribution in [3.8, 4) is 11.4 Å². The standard InChI is InChI=1S/C14H12N6O/c15-14(21)10-5-3-6-12(18-10)19-11-8-17-20-13(11)9-4-1-2-7-16-9/h1-8H,(H2,15,21)(H,17,20)(H,18,19). The van der Waals surface area contributed by atoms with Crippen LogP contribution in [0.15, 0.2) is 48.8 Å². The third-order valence-corrected chi connectivity index (χ3v) is 2.82. The number of nitrogens with two attached hydrogens (primary N) is 1. The molecule has 0 unspecified atom stereocenters. The maximum absolute atomic E-state index is 11.1. The normalized spacial score (nSPS) is 10.3. The molecule has 3 aromatic rings. The molecule has 0 spiro atoms. The number of hydrogen-bond acceptors (Lipinski definition) is 5. The Morgan fingerprint density at radius 1 is 1.19 bits per heavy atom. The van der Waals surface area contributed by atoms with E-state index >= 15 is 0 Å². The van der Waals surface area contributed by atoms with E-state index in [2.05, 4.69) is 25.5 Å². The molecule has 7 heteroatoms. The first-order valence-corrected chi connectivity index (χ1v) is 6.22. The van der Waals surface area contributed by atoms with E-state index in [0.29, 0.717) is 11.5 Å². The van der Waals surface area contributed by atoms with Crippen LogP contribution in [0.4, 0.5) is 11.5 Å². The van der Waals surface area contributed by atoms with Crippen molar-refractivity contribution >= 4 is 17.4 Å². The molecule has 0 atom stereocenters. The summed E-state index contributed by atoms with van der Waals surface area (Å²) in [5.41, 5.74) is 7.62. The lowest BCUT2D eigenvalue weighted by molar-refractivity contribution is 0.0995. The predicted molar refractivity (Wildman–Crippen MR) is 77.9 cm³/mol. The first-order chi connectivity index (χ1) is 10.2. The van der Waals surface area contributed by atoms with Crippen LogP contribution >= 0.6 is 0 Å². The molecule has 3 aromatic heterocycles. The van der Waals surface area contributed by atoms with Gasteiger partial charge in [0.05, 0.1) is 17.6 Å². The molecule has 0 aliphatic carbocycles. The summed E-state index contributed by atoms with van der Waals surface area (Å²) < 4.78 is 0. The summed E-state index contributed by atoms with van der Waals surface area (Å²) in [7, 11) is 0. The van der Waals surface area contributed by atoms with E-state index in [-0.39, 0.29) is 5.69 Å². The number of nitrogens with zero attached hydrogens (tertiary/aromatic N) is 3. The number of hydrogen-bond donors (Lipinski definition) is 3. The number of H-pyrrole nitrogens is 1. The fourth-order valence-electron chi connectivity index (χ4n) is 1.87. The molecule has 0 saturated heterocycles. The Balaban J connectivity index is 1.92. The van der Waals surface area contributed by atoms with Crippen LogP contribution in [0.25, 0.3) is 11.4 Å². The highest BCUT2D eigenvalue weighted by atomic mass is 16.1. The van der Waals surface area contributed by atoms with Crippen molar-refractivity contribution in [2.45, 2.75) is 0 Å². The van der Waals surface area contributed by atoms with E-state index in [1.807, 2.05) is 18.2 Å². The SMILES string of the molecule is NC(=O)c1cccc(Nc2cn[nH]c2-c2ccccn2)n1. The molecule has 7 nitrogen and oxygen atoms in total. The van der Waals surface area contributed by atoms with Crippen LogP contribution in [-0.2, 0) is 0 Å². The molecule has 0 fully saturated rings. The number of anilines is 2. The second kappa shape index (κ2) is 5.41. The summed E-state index contributed by atoms with van der Waals surface area (Å²) in [6, 6.07) is 10.6. The molecular weight excluding hydrogens is 268 g/mol. The Morgan fingerprint density at radius 2 is 2.10 bits per heavy atom. The van der Waals surface area contributed by atoms with Crippen LogP contribution < -0.4 is 11.1 Å². The van der Waals surface area contributed by atoms with Crippen LogP contribution in [0.3, 0.4) is 0 Å². The average Bonchev–Trinajstić information content (AvgIpc) is 2.96. The highest BCUT2D eigenvalue weighted by Crippen LogP contribution is 2.25. The number of pyridine rings is 2. The molecule has 0 bridgehead atoms. The number of nitrogens with one attached hydrogen (secondary N) is 2. The lowest BCUT2D eigenvalue weighted by Crippen LogP contribution is -2.13. The summed E-state index contributed by atoms with van der Waals surface area (Å²) >= 11 is 0. The molecule has 21 heavy (non-hydrogen) atoms. The van der Waals surface area contributed by atoms with Gasteiger partial charge in [-0.25, -0.2) is 4.98 Å². The highest BCUT2D eigenvalue weighted by molar-refractivity contribution is 5.91. The van der Waals surface area contributed by atoms with Crippen molar-refractivity contribution in [2.75, 3.05) is 5.32 Å². The van der Waals surface area contributed by atoms with Gasteiger partial charge in [-0.05, 0) is 24.3 Å². The summed E-state index contributed by atoms with van der Waals surface area (Å²) in [6.45, 7) is 0. The number of amides is 1. The van der Waals surface area contributed by atoms with E-state index < -0.39 is 5.91 Å². The number of aromatic nitrogens is 4. The van der Waals surface area contributed by atoms with E-state index in [1.54, 1.807) is 30.6 Å². The van der Waals surface area contributed by atoms with E-state index in [4.69, 9.17) is 5.73 Å². The van der Waals surface area contributed by atoms with Gasteiger partial charge in [0.25, 0.3) is 5.91 Å². The third kappa shape index (κ3) is 2.71. The van der Waals surface area contributed by atoms with Gasteiger partial charge in [0.1, 0.15) is 17.2 Å². The Hall–Kier alpha value is -3.22. The van der Waals surface area contributed by atoms with Crippen molar-refractivity contribution in [2.24, 2.45) is 5.73 Å². The van der Waals surface area contributed by atoms with Crippen LogP contribution in [0.5, 0.6) is 0 Å². The maximum atomic E-state index is 11.1. The lowest BCUT2D eigenvalue weighted by Gasteiger charge is -2.06. The predicted octanol–water partition coefficient (Wildman–Crippen LogP) is 1.71. The quantitative estimate of drug-likeness (QED) is 0.674. The molecule has 0 aliphatic heterocycles. The molecule has 1 amide bonds. The lowest BCUT2D eigenvalue weighted by atomic mass is 10.2. The van der Waals surface area contributed by atoms with Gasteiger partial charge in [0.15, 0.2) is 0 Å². The molecule has 3 heterocycles. The second-order valence-electron chi connectivity index (χ2n) is 4.27. The zero-order chi connectivity index (χ0) is 14.7. The van der Waals surface area contributed by atoms with Crippen LogP contribution in [-0.4, -0.2) is 26.1 Å². The van der Waals surface area contributed by atoms with Crippen molar-refractivity contribution in [1.29, 1.82) is 0 Å². The fraction of sp³-hybridized carbons (Fsp3) is 0. The molecule has 0 aromatic carbocycles. The number of aromatic amines is 1. The minimum Gasteiger partial charge on any atom is -0.364 e. The average molecular weight is 280 g/mol. The molecular formula is C14H12N6O. The van der Waals surface area contributed by atoms with Gasteiger partial charge < -0.3 is 11.1 Å². The van der Waals surface area contributed by atoms with Crippen molar-refractivity contribution < 1.29 is 4.79 Å². The molecule has 104 valence electrons. The fourth-order valence-corrected chi connectivity index (χ4v) is 1.87. The number of rotatable bonds is 4.